The van der Waals surface area contributed by atoms with E-state index in [2.05, 4.69) is 41.6 Å². The van der Waals surface area contributed by atoms with Crippen LogP contribution in [0.25, 0.3) is 0 Å². The maximum atomic E-state index is 11.6. The van der Waals surface area contributed by atoms with Crippen molar-refractivity contribution >= 4 is 22.6 Å². The molecule has 0 N–H and O–H groups in total. The summed E-state index contributed by atoms with van der Waals surface area (Å²) in [4.78, 5) is 11.6. The van der Waals surface area contributed by atoms with Crippen LogP contribution in [0.2, 0.25) is 0 Å². The van der Waals surface area contributed by atoms with Crippen molar-refractivity contribution < 1.29 is 0 Å². The van der Waals surface area contributed by atoms with Gasteiger partial charge in [-0.2, -0.15) is 0 Å². The molecule has 2 nitrogen and oxygen atoms in total. The summed E-state index contributed by atoms with van der Waals surface area (Å²) < 4.78 is 2.81. The van der Waals surface area contributed by atoms with Crippen molar-refractivity contribution in [3.63, 3.8) is 0 Å². The summed E-state index contributed by atoms with van der Waals surface area (Å²) in [5, 5.41) is 0. The van der Waals surface area contributed by atoms with E-state index in [0.29, 0.717) is 6.54 Å². The summed E-state index contributed by atoms with van der Waals surface area (Å²) in [7, 11) is 0. The molecule has 1 aromatic carbocycles. The third kappa shape index (κ3) is 2.52. The van der Waals surface area contributed by atoms with Crippen LogP contribution in [-0.2, 0) is 6.54 Å². The molecule has 0 aliphatic carbocycles. The van der Waals surface area contributed by atoms with Crippen LogP contribution in [-0.4, -0.2) is 4.57 Å². The average molecular weight is 325 g/mol. The van der Waals surface area contributed by atoms with Crippen LogP contribution < -0.4 is 5.56 Å². The van der Waals surface area contributed by atoms with Crippen LogP contribution in [0.1, 0.15) is 11.1 Å². The van der Waals surface area contributed by atoms with E-state index in [4.69, 9.17) is 0 Å². The minimum atomic E-state index is 0.0451. The molecule has 0 amide bonds. The molecule has 0 atom stereocenters. The Morgan fingerprint density at radius 1 is 1.19 bits per heavy atom. The quantitative estimate of drug-likeness (QED) is 0.779. The smallest absolute Gasteiger partial charge is 0.250 e. The second-order valence-electron chi connectivity index (χ2n) is 3.74. The van der Waals surface area contributed by atoms with Gasteiger partial charge in [0.1, 0.15) is 0 Å². The van der Waals surface area contributed by atoms with Crippen molar-refractivity contribution in [1.82, 2.24) is 4.57 Å². The minimum Gasteiger partial charge on any atom is -0.310 e. The van der Waals surface area contributed by atoms with Crippen molar-refractivity contribution in [2.24, 2.45) is 0 Å². The normalized spacial score (nSPS) is 10.4. The zero-order valence-corrected chi connectivity index (χ0v) is 11.1. The predicted molar refractivity (Wildman–Crippen MR) is 73.7 cm³/mol. The molecule has 0 spiro atoms. The lowest BCUT2D eigenvalue weighted by Gasteiger charge is -2.08. The predicted octanol–water partition coefficient (Wildman–Crippen LogP) is 2.81. The summed E-state index contributed by atoms with van der Waals surface area (Å²) >= 11 is 2.21. The Morgan fingerprint density at radius 3 is 2.69 bits per heavy atom. The molecule has 1 heterocycles. The summed E-state index contributed by atoms with van der Waals surface area (Å²) in [6.07, 6.45) is 1.88. The van der Waals surface area contributed by atoms with Gasteiger partial charge in [-0.15, -0.1) is 0 Å². The molecule has 0 fully saturated rings. The highest BCUT2D eigenvalue weighted by Gasteiger charge is 2.00. The molecule has 82 valence electrons. The third-order valence-corrected chi connectivity index (χ3v) is 3.19. The highest BCUT2D eigenvalue weighted by molar-refractivity contribution is 14.1. The standard InChI is InChI=1S/C13H12INO/c1-10-4-2-3-5-11(10)8-15-9-12(14)6-7-13(15)16/h2-7,9H,8H2,1H3. The number of aromatic nitrogens is 1. The molecular weight excluding hydrogens is 313 g/mol. The Labute approximate surface area is 108 Å². The second kappa shape index (κ2) is 4.82. The molecule has 0 aliphatic heterocycles. The Bertz CT molecular complexity index is 560. The van der Waals surface area contributed by atoms with Crippen LogP contribution >= 0.6 is 22.6 Å². The van der Waals surface area contributed by atoms with Gasteiger partial charge in [0, 0.05) is 15.8 Å². The zero-order chi connectivity index (χ0) is 11.5. The van der Waals surface area contributed by atoms with Crippen molar-refractivity contribution in [3.05, 3.63) is 67.6 Å². The van der Waals surface area contributed by atoms with Crippen molar-refractivity contribution in [2.45, 2.75) is 13.5 Å². The number of pyridine rings is 1. The lowest BCUT2D eigenvalue weighted by Crippen LogP contribution is -2.19. The fraction of sp³-hybridized carbons (Fsp3) is 0.154. The van der Waals surface area contributed by atoms with Crippen molar-refractivity contribution in [2.75, 3.05) is 0 Å². The summed E-state index contributed by atoms with van der Waals surface area (Å²) in [5.41, 5.74) is 2.45. The summed E-state index contributed by atoms with van der Waals surface area (Å²) in [6, 6.07) is 11.6. The number of hydrogen-bond donors (Lipinski definition) is 0. The van der Waals surface area contributed by atoms with E-state index in [1.807, 2.05) is 24.4 Å². The lowest BCUT2D eigenvalue weighted by molar-refractivity contribution is 0.752. The van der Waals surface area contributed by atoms with Gasteiger partial charge in [-0.25, -0.2) is 0 Å². The van der Waals surface area contributed by atoms with Gasteiger partial charge in [-0.3, -0.25) is 4.79 Å². The molecule has 0 saturated heterocycles. The van der Waals surface area contributed by atoms with Gasteiger partial charge >= 0.3 is 0 Å². The average Bonchev–Trinajstić information content (AvgIpc) is 2.27. The fourth-order valence-corrected chi connectivity index (χ4v) is 2.11. The monoisotopic (exact) mass is 325 g/mol. The molecule has 2 aromatic rings. The van der Waals surface area contributed by atoms with E-state index >= 15 is 0 Å². The molecule has 0 radical (unpaired) electrons. The minimum absolute atomic E-state index is 0.0451. The number of benzene rings is 1. The van der Waals surface area contributed by atoms with Gasteiger partial charge in [0.05, 0.1) is 6.54 Å². The Morgan fingerprint density at radius 2 is 1.94 bits per heavy atom. The van der Waals surface area contributed by atoms with Crippen LogP contribution in [0, 0.1) is 10.5 Å². The van der Waals surface area contributed by atoms with Gasteiger partial charge in [0.2, 0.25) is 0 Å². The maximum absolute atomic E-state index is 11.6. The summed E-state index contributed by atoms with van der Waals surface area (Å²) in [5.74, 6) is 0. The van der Waals surface area contributed by atoms with Gasteiger partial charge < -0.3 is 4.57 Å². The zero-order valence-electron chi connectivity index (χ0n) is 8.98. The molecule has 0 unspecified atom stereocenters. The van der Waals surface area contributed by atoms with E-state index in [-0.39, 0.29) is 5.56 Å². The first-order valence-corrected chi connectivity index (χ1v) is 6.15. The molecule has 3 heteroatoms. The van der Waals surface area contributed by atoms with E-state index < -0.39 is 0 Å². The second-order valence-corrected chi connectivity index (χ2v) is 4.99. The third-order valence-electron chi connectivity index (χ3n) is 2.55. The number of halogens is 1. The first kappa shape index (κ1) is 11.4. The maximum Gasteiger partial charge on any atom is 0.250 e. The highest BCUT2D eigenvalue weighted by atomic mass is 127. The molecule has 16 heavy (non-hydrogen) atoms. The van der Waals surface area contributed by atoms with Gasteiger partial charge in [0.15, 0.2) is 0 Å². The topological polar surface area (TPSA) is 22.0 Å². The number of aryl methyl sites for hydroxylation is 1. The SMILES string of the molecule is Cc1ccccc1Cn1cc(I)ccc1=O. The van der Waals surface area contributed by atoms with Crippen molar-refractivity contribution in [3.8, 4) is 0 Å². The van der Waals surface area contributed by atoms with E-state index in [0.717, 1.165) is 3.57 Å². The molecule has 0 saturated carbocycles. The Balaban J connectivity index is 2.38. The van der Waals surface area contributed by atoms with Crippen LogP contribution in [0.5, 0.6) is 0 Å². The number of rotatable bonds is 2. The van der Waals surface area contributed by atoms with Crippen molar-refractivity contribution in [1.29, 1.82) is 0 Å². The van der Waals surface area contributed by atoms with Gasteiger partial charge in [-0.1, -0.05) is 24.3 Å². The molecule has 0 aliphatic rings. The fourth-order valence-electron chi connectivity index (χ4n) is 1.60. The Hall–Kier alpha value is -1.10. The van der Waals surface area contributed by atoms with Crippen LogP contribution in [0.3, 0.4) is 0 Å². The van der Waals surface area contributed by atoms with Crippen LogP contribution in [0.15, 0.2) is 47.4 Å². The molecule has 1 aromatic heterocycles. The molecular formula is C13H12INO. The highest BCUT2D eigenvalue weighted by Crippen LogP contribution is 2.09. The number of nitrogens with zero attached hydrogens (tertiary/aromatic N) is 1. The van der Waals surface area contributed by atoms with E-state index in [1.54, 1.807) is 10.6 Å². The summed E-state index contributed by atoms with van der Waals surface area (Å²) in [6.45, 7) is 2.70. The lowest BCUT2D eigenvalue weighted by atomic mass is 10.1. The first-order valence-electron chi connectivity index (χ1n) is 5.07. The van der Waals surface area contributed by atoms with E-state index in [1.165, 1.54) is 11.1 Å². The molecule has 0 bridgehead atoms. The Kier molecular flexibility index (Phi) is 3.43. The molecule has 2 rings (SSSR count). The van der Waals surface area contributed by atoms with Crippen LogP contribution in [0.4, 0.5) is 0 Å². The van der Waals surface area contributed by atoms with Gasteiger partial charge in [0.25, 0.3) is 5.56 Å². The number of hydrogen-bond acceptors (Lipinski definition) is 1. The van der Waals surface area contributed by atoms with E-state index in [9.17, 15) is 4.79 Å². The first-order chi connectivity index (χ1) is 7.66. The van der Waals surface area contributed by atoms with Gasteiger partial charge in [-0.05, 0) is 46.7 Å². The largest absolute Gasteiger partial charge is 0.310 e.